The first kappa shape index (κ1) is 18.8. The van der Waals surface area contributed by atoms with E-state index in [1.807, 2.05) is 29.2 Å². The molecule has 1 amide bonds. The van der Waals surface area contributed by atoms with Gasteiger partial charge in [-0.2, -0.15) is 0 Å². The van der Waals surface area contributed by atoms with Crippen LogP contribution in [-0.4, -0.2) is 42.0 Å². The van der Waals surface area contributed by atoms with Gasteiger partial charge in [0.1, 0.15) is 5.82 Å². The molecule has 152 valence electrons. The van der Waals surface area contributed by atoms with Crippen LogP contribution >= 0.6 is 0 Å². The summed E-state index contributed by atoms with van der Waals surface area (Å²) in [5.74, 6) is 0.962. The van der Waals surface area contributed by atoms with Gasteiger partial charge in [-0.05, 0) is 35.2 Å². The van der Waals surface area contributed by atoms with E-state index in [1.54, 1.807) is 6.20 Å². The molecule has 1 fully saturated rings. The van der Waals surface area contributed by atoms with Gasteiger partial charge in [0.15, 0.2) is 0 Å². The summed E-state index contributed by atoms with van der Waals surface area (Å²) in [6, 6.07) is 23.0. The molecule has 2 aliphatic rings. The van der Waals surface area contributed by atoms with Crippen molar-refractivity contribution in [3.8, 4) is 0 Å². The average Bonchev–Trinajstić information content (AvgIpc) is 2.84. The SMILES string of the molecule is O=C(c1ccnc(N2CCNC(c3ccccc3)C2)c1)N1CCc2ccccc2C1. The lowest BCUT2D eigenvalue weighted by Crippen LogP contribution is -2.46. The number of benzene rings is 2. The van der Waals surface area contributed by atoms with Crippen molar-refractivity contribution in [1.29, 1.82) is 0 Å². The fourth-order valence-corrected chi connectivity index (χ4v) is 4.44. The minimum absolute atomic E-state index is 0.0860. The highest BCUT2D eigenvalue weighted by Crippen LogP contribution is 2.24. The summed E-state index contributed by atoms with van der Waals surface area (Å²) in [5.41, 5.74) is 4.60. The third-order valence-electron chi connectivity index (χ3n) is 6.11. The molecule has 0 radical (unpaired) electrons. The van der Waals surface area contributed by atoms with E-state index in [0.29, 0.717) is 12.1 Å². The van der Waals surface area contributed by atoms with Crippen molar-refractivity contribution < 1.29 is 4.79 Å². The largest absolute Gasteiger partial charge is 0.353 e. The van der Waals surface area contributed by atoms with Crippen molar-refractivity contribution in [1.82, 2.24) is 15.2 Å². The zero-order valence-corrected chi connectivity index (χ0v) is 17.0. The quantitative estimate of drug-likeness (QED) is 0.734. The van der Waals surface area contributed by atoms with Gasteiger partial charge in [-0.25, -0.2) is 4.98 Å². The molecular weight excluding hydrogens is 372 g/mol. The number of aromatic nitrogens is 1. The molecule has 3 heterocycles. The second-order valence-corrected chi connectivity index (χ2v) is 8.01. The predicted octanol–water partition coefficient (Wildman–Crippen LogP) is 3.43. The molecule has 0 spiro atoms. The van der Waals surface area contributed by atoms with Gasteiger partial charge in [0, 0.05) is 50.5 Å². The Bertz CT molecular complexity index is 1040. The van der Waals surface area contributed by atoms with E-state index < -0.39 is 0 Å². The molecule has 5 nitrogen and oxygen atoms in total. The van der Waals surface area contributed by atoms with Crippen molar-refractivity contribution in [2.75, 3.05) is 31.1 Å². The van der Waals surface area contributed by atoms with E-state index >= 15 is 0 Å². The van der Waals surface area contributed by atoms with Crippen LogP contribution < -0.4 is 10.2 Å². The van der Waals surface area contributed by atoms with E-state index in [4.69, 9.17) is 0 Å². The normalized spacial score (nSPS) is 18.7. The summed E-state index contributed by atoms with van der Waals surface area (Å²) in [6.07, 6.45) is 2.68. The van der Waals surface area contributed by atoms with Gasteiger partial charge < -0.3 is 15.1 Å². The monoisotopic (exact) mass is 398 g/mol. The van der Waals surface area contributed by atoms with E-state index in [-0.39, 0.29) is 11.9 Å². The molecule has 2 aromatic carbocycles. The van der Waals surface area contributed by atoms with Crippen molar-refractivity contribution in [3.63, 3.8) is 0 Å². The number of piperazine rings is 1. The van der Waals surface area contributed by atoms with Crippen molar-refractivity contribution >= 4 is 11.7 Å². The Labute approximate surface area is 177 Å². The standard InChI is InChI=1S/C25H26N4O/c30-25(29-14-11-19-6-4-5-9-22(19)17-29)21-10-12-27-24(16-21)28-15-13-26-23(18-28)20-7-2-1-3-8-20/h1-10,12,16,23,26H,11,13-15,17-18H2. The third-order valence-corrected chi connectivity index (χ3v) is 6.11. The van der Waals surface area contributed by atoms with Crippen LogP contribution in [0.1, 0.15) is 33.1 Å². The van der Waals surface area contributed by atoms with Gasteiger partial charge >= 0.3 is 0 Å². The number of nitrogens with one attached hydrogen (secondary N) is 1. The molecule has 1 N–H and O–H groups in total. The van der Waals surface area contributed by atoms with Gasteiger partial charge in [0.2, 0.25) is 0 Å². The smallest absolute Gasteiger partial charge is 0.254 e. The van der Waals surface area contributed by atoms with Gasteiger partial charge in [-0.3, -0.25) is 4.79 Å². The topological polar surface area (TPSA) is 48.5 Å². The Kier molecular flexibility index (Phi) is 5.20. The lowest BCUT2D eigenvalue weighted by Gasteiger charge is -2.35. The lowest BCUT2D eigenvalue weighted by atomic mass is 9.99. The van der Waals surface area contributed by atoms with E-state index in [0.717, 1.165) is 38.4 Å². The molecule has 1 aromatic heterocycles. The molecule has 2 aliphatic heterocycles. The predicted molar refractivity (Wildman–Crippen MR) is 119 cm³/mol. The average molecular weight is 399 g/mol. The molecule has 0 bridgehead atoms. The fourth-order valence-electron chi connectivity index (χ4n) is 4.44. The number of hydrogen-bond donors (Lipinski definition) is 1. The number of hydrogen-bond acceptors (Lipinski definition) is 4. The first-order chi connectivity index (χ1) is 14.8. The summed E-state index contributed by atoms with van der Waals surface area (Å²) >= 11 is 0. The van der Waals surface area contributed by atoms with Gasteiger partial charge in [-0.1, -0.05) is 54.6 Å². The van der Waals surface area contributed by atoms with Gasteiger partial charge in [-0.15, -0.1) is 0 Å². The number of carbonyl (C=O) groups is 1. The lowest BCUT2D eigenvalue weighted by molar-refractivity contribution is 0.0734. The summed E-state index contributed by atoms with van der Waals surface area (Å²) in [4.78, 5) is 22.0. The number of pyridine rings is 1. The summed E-state index contributed by atoms with van der Waals surface area (Å²) in [7, 11) is 0. The van der Waals surface area contributed by atoms with Gasteiger partial charge in [0.25, 0.3) is 5.91 Å². The number of amides is 1. The van der Waals surface area contributed by atoms with Gasteiger partial charge in [0.05, 0.1) is 0 Å². The molecule has 0 aliphatic carbocycles. The molecule has 5 rings (SSSR count). The van der Waals surface area contributed by atoms with Crippen molar-refractivity contribution in [2.24, 2.45) is 0 Å². The van der Waals surface area contributed by atoms with Crippen molar-refractivity contribution in [2.45, 2.75) is 19.0 Å². The first-order valence-corrected chi connectivity index (χ1v) is 10.6. The van der Waals surface area contributed by atoms with Crippen LogP contribution in [0.5, 0.6) is 0 Å². The van der Waals surface area contributed by atoms with Crippen LogP contribution in [0.25, 0.3) is 0 Å². The molecule has 30 heavy (non-hydrogen) atoms. The summed E-state index contributed by atoms with van der Waals surface area (Å²) in [5, 5.41) is 3.59. The molecule has 1 atom stereocenters. The Morgan fingerprint density at radius 1 is 0.967 bits per heavy atom. The zero-order chi connectivity index (χ0) is 20.3. The number of carbonyl (C=O) groups excluding carboxylic acids is 1. The second kappa shape index (κ2) is 8.28. The highest BCUT2D eigenvalue weighted by molar-refractivity contribution is 5.95. The number of fused-ring (bicyclic) bond motifs is 1. The highest BCUT2D eigenvalue weighted by atomic mass is 16.2. The Morgan fingerprint density at radius 2 is 1.77 bits per heavy atom. The number of anilines is 1. The first-order valence-electron chi connectivity index (χ1n) is 10.6. The molecule has 3 aromatic rings. The maximum atomic E-state index is 13.2. The van der Waals surface area contributed by atoms with Crippen LogP contribution in [0, 0.1) is 0 Å². The van der Waals surface area contributed by atoms with E-state index in [1.165, 1.54) is 16.7 Å². The van der Waals surface area contributed by atoms with E-state index in [9.17, 15) is 4.79 Å². The Morgan fingerprint density at radius 3 is 2.63 bits per heavy atom. The molecule has 5 heteroatoms. The molecule has 0 saturated carbocycles. The van der Waals surface area contributed by atoms with Crippen LogP contribution in [0.3, 0.4) is 0 Å². The fraction of sp³-hybridized carbons (Fsp3) is 0.280. The van der Waals surface area contributed by atoms with Crippen LogP contribution in [-0.2, 0) is 13.0 Å². The Balaban J connectivity index is 1.32. The number of nitrogens with zero attached hydrogens (tertiary/aromatic N) is 3. The molecule has 1 saturated heterocycles. The van der Waals surface area contributed by atoms with Crippen LogP contribution in [0.2, 0.25) is 0 Å². The Hall–Kier alpha value is -3.18. The summed E-state index contributed by atoms with van der Waals surface area (Å²) in [6.45, 7) is 4.05. The summed E-state index contributed by atoms with van der Waals surface area (Å²) < 4.78 is 0. The minimum atomic E-state index is 0.0860. The van der Waals surface area contributed by atoms with Crippen LogP contribution in [0.15, 0.2) is 72.9 Å². The minimum Gasteiger partial charge on any atom is -0.353 e. The van der Waals surface area contributed by atoms with Crippen molar-refractivity contribution in [3.05, 3.63) is 95.2 Å². The highest BCUT2D eigenvalue weighted by Gasteiger charge is 2.24. The molecular formula is C25H26N4O. The maximum Gasteiger partial charge on any atom is 0.254 e. The molecule has 1 unspecified atom stereocenters. The number of rotatable bonds is 3. The maximum absolute atomic E-state index is 13.2. The zero-order valence-electron chi connectivity index (χ0n) is 17.0. The second-order valence-electron chi connectivity index (χ2n) is 8.01. The van der Waals surface area contributed by atoms with Crippen LogP contribution in [0.4, 0.5) is 5.82 Å². The van der Waals surface area contributed by atoms with E-state index in [2.05, 4.69) is 57.7 Å². The third kappa shape index (κ3) is 3.81.